The Kier molecular flexibility index (Phi) is 7.70. The van der Waals surface area contributed by atoms with Crippen molar-refractivity contribution < 1.29 is 9.84 Å². The molecular weight excluding hydrogens is 246 g/mol. The van der Waals surface area contributed by atoms with Gasteiger partial charge in [0.2, 0.25) is 0 Å². The molecule has 4 heteroatoms. The molecule has 0 aliphatic carbocycles. The number of nitrogens with zero attached hydrogens (tertiary/aromatic N) is 1. The Hall–Kier alpha value is -0.860. The van der Waals surface area contributed by atoms with Crippen molar-refractivity contribution in [2.75, 3.05) is 33.4 Å². The number of ether oxygens (including phenoxy) is 1. The van der Waals surface area contributed by atoms with Gasteiger partial charge >= 0.3 is 0 Å². The van der Waals surface area contributed by atoms with Crippen LogP contribution in [0, 0.1) is 11.8 Å². The van der Waals surface area contributed by atoms with Gasteiger partial charge < -0.3 is 9.84 Å². The zero-order valence-electron chi connectivity index (χ0n) is 11.1. The summed E-state index contributed by atoms with van der Waals surface area (Å²) in [6.45, 7) is 5.57. The molecule has 0 fully saturated rings. The van der Waals surface area contributed by atoms with Gasteiger partial charge in [0.25, 0.3) is 0 Å². The maximum absolute atomic E-state index is 8.65. The number of aliphatic hydroxyl groups is 1. The quantitative estimate of drug-likeness (QED) is 0.605. The van der Waals surface area contributed by atoms with Crippen LogP contribution in [0.3, 0.4) is 0 Å². The SMILES string of the molecule is CCOCCN(C)Cc1cc(C#CCCO)cs1. The number of likely N-dealkylation sites (N-methyl/N-ethyl adjacent to an activating group) is 1. The van der Waals surface area contributed by atoms with E-state index in [0.717, 1.165) is 31.9 Å². The highest BCUT2D eigenvalue weighted by Gasteiger charge is 2.02. The molecule has 1 aromatic heterocycles. The Balaban J connectivity index is 2.37. The number of aliphatic hydroxyl groups excluding tert-OH is 1. The molecule has 1 aromatic rings. The van der Waals surface area contributed by atoms with Crippen LogP contribution in [0.2, 0.25) is 0 Å². The van der Waals surface area contributed by atoms with E-state index in [1.165, 1.54) is 4.88 Å². The smallest absolute Gasteiger partial charge is 0.0593 e. The fourth-order valence-corrected chi connectivity index (χ4v) is 2.35. The average molecular weight is 267 g/mol. The van der Waals surface area contributed by atoms with Gasteiger partial charge in [-0.25, -0.2) is 0 Å². The first-order valence-electron chi connectivity index (χ1n) is 6.19. The van der Waals surface area contributed by atoms with Gasteiger partial charge in [-0.05, 0) is 20.0 Å². The molecule has 0 amide bonds. The maximum atomic E-state index is 8.65. The molecular formula is C14H21NO2S. The van der Waals surface area contributed by atoms with Crippen LogP contribution in [0.4, 0.5) is 0 Å². The Labute approximate surface area is 113 Å². The predicted molar refractivity (Wildman–Crippen MR) is 75.7 cm³/mol. The van der Waals surface area contributed by atoms with E-state index < -0.39 is 0 Å². The lowest BCUT2D eigenvalue weighted by atomic mass is 10.3. The minimum Gasteiger partial charge on any atom is -0.395 e. The summed E-state index contributed by atoms with van der Waals surface area (Å²) in [4.78, 5) is 3.55. The largest absolute Gasteiger partial charge is 0.395 e. The second kappa shape index (κ2) is 9.12. The standard InChI is InChI=1S/C14H21NO2S/c1-3-17-9-7-15(2)11-14-10-13(12-18-14)6-4-5-8-16/h10,12,16H,3,5,7-9,11H2,1-2H3. The first-order chi connectivity index (χ1) is 8.76. The Morgan fingerprint density at radius 2 is 2.33 bits per heavy atom. The third-order valence-electron chi connectivity index (χ3n) is 2.37. The van der Waals surface area contributed by atoms with Gasteiger partial charge in [0, 0.05) is 41.9 Å². The maximum Gasteiger partial charge on any atom is 0.0593 e. The van der Waals surface area contributed by atoms with Crippen LogP contribution in [-0.2, 0) is 11.3 Å². The summed E-state index contributed by atoms with van der Waals surface area (Å²) in [5, 5.41) is 10.7. The molecule has 0 aliphatic rings. The van der Waals surface area contributed by atoms with Gasteiger partial charge in [0.15, 0.2) is 0 Å². The summed E-state index contributed by atoms with van der Waals surface area (Å²) in [5.74, 6) is 5.98. The minimum atomic E-state index is 0.129. The van der Waals surface area contributed by atoms with Crippen LogP contribution in [-0.4, -0.2) is 43.4 Å². The van der Waals surface area contributed by atoms with Gasteiger partial charge in [0.05, 0.1) is 13.2 Å². The topological polar surface area (TPSA) is 32.7 Å². The molecule has 0 atom stereocenters. The van der Waals surface area contributed by atoms with E-state index in [-0.39, 0.29) is 6.61 Å². The number of hydrogen-bond donors (Lipinski definition) is 1. The Morgan fingerprint density at radius 3 is 3.06 bits per heavy atom. The third kappa shape index (κ3) is 6.18. The van der Waals surface area contributed by atoms with Crippen LogP contribution in [0.1, 0.15) is 23.8 Å². The van der Waals surface area contributed by atoms with Gasteiger partial charge in [-0.1, -0.05) is 11.8 Å². The van der Waals surface area contributed by atoms with Crippen molar-refractivity contribution in [3.05, 3.63) is 21.9 Å². The molecule has 1 heterocycles. The van der Waals surface area contributed by atoms with Crippen LogP contribution in [0.25, 0.3) is 0 Å². The van der Waals surface area contributed by atoms with Crippen LogP contribution >= 0.6 is 11.3 Å². The summed E-state index contributed by atoms with van der Waals surface area (Å²) >= 11 is 1.73. The van der Waals surface area contributed by atoms with Gasteiger partial charge in [-0.15, -0.1) is 11.3 Å². The first-order valence-corrected chi connectivity index (χ1v) is 7.07. The highest BCUT2D eigenvalue weighted by Crippen LogP contribution is 2.15. The zero-order chi connectivity index (χ0) is 13.2. The Bertz CT molecular complexity index is 392. The highest BCUT2D eigenvalue weighted by atomic mass is 32.1. The normalized spacial score (nSPS) is 10.4. The Morgan fingerprint density at radius 1 is 1.50 bits per heavy atom. The van der Waals surface area contributed by atoms with E-state index in [1.807, 2.05) is 6.92 Å². The predicted octanol–water partition coefficient (Wildman–Crippen LogP) is 1.95. The monoisotopic (exact) mass is 267 g/mol. The summed E-state index contributed by atoms with van der Waals surface area (Å²) in [5.41, 5.74) is 1.04. The lowest BCUT2D eigenvalue weighted by Gasteiger charge is -2.14. The van der Waals surface area contributed by atoms with E-state index in [9.17, 15) is 0 Å². The molecule has 0 aliphatic heterocycles. The molecule has 0 radical (unpaired) electrons. The van der Waals surface area contributed by atoms with Crippen molar-refractivity contribution in [3.63, 3.8) is 0 Å². The molecule has 1 N–H and O–H groups in total. The molecule has 18 heavy (non-hydrogen) atoms. The number of rotatable bonds is 7. The number of hydrogen-bond acceptors (Lipinski definition) is 4. The summed E-state index contributed by atoms with van der Waals surface area (Å²) in [7, 11) is 2.09. The molecule has 0 saturated heterocycles. The lowest BCUT2D eigenvalue weighted by molar-refractivity contribution is 0.120. The van der Waals surface area contributed by atoms with Gasteiger partial charge in [-0.3, -0.25) is 4.90 Å². The van der Waals surface area contributed by atoms with Crippen molar-refractivity contribution in [3.8, 4) is 11.8 Å². The van der Waals surface area contributed by atoms with Gasteiger partial charge in [0.1, 0.15) is 0 Å². The van der Waals surface area contributed by atoms with E-state index in [2.05, 4.69) is 35.2 Å². The molecule has 0 spiro atoms. The average Bonchev–Trinajstić information content (AvgIpc) is 2.77. The van der Waals surface area contributed by atoms with Crippen molar-refractivity contribution >= 4 is 11.3 Å². The molecule has 3 nitrogen and oxygen atoms in total. The van der Waals surface area contributed by atoms with Crippen molar-refractivity contribution in [2.24, 2.45) is 0 Å². The fraction of sp³-hybridized carbons (Fsp3) is 0.571. The zero-order valence-corrected chi connectivity index (χ0v) is 11.9. The van der Waals surface area contributed by atoms with E-state index in [1.54, 1.807) is 11.3 Å². The summed E-state index contributed by atoms with van der Waals surface area (Å²) in [6, 6.07) is 2.12. The van der Waals surface area contributed by atoms with Crippen LogP contribution < -0.4 is 0 Å². The molecule has 0 bridgehead atoms. The van der Waals surface area contributed by atoms with E-state index >= 15 is 0 Å². The molecule has 0 saturated carbocycles. The second-order valence-corrected chi connectivity index (χ2v) is 5.01. The van der Waals surface area contributed by atoms with Crippen molar-refractivity contribution in [1.82, 2.24) is 4.90 Å². The highest BCUT2D eigenvalue weighted by molar-refractivity contribution is 7.10. The van der Waals surface area contributed by atoms with E-state index in [0.29, 0.717) is 6.42 Å². The number of thiophene rings is 1. The van der Waals surface area contributed by atoms with Crippen molar-refractivity contribution in [2.45, 2.75) is 19.9 Å². The van der Waals surface area contributed by atoms with E-state index in [4.69, 9.17) is 9.84 Å². The third-order valence-corrected chi connectivity index (χ3v) is 3.29. The molecule has 0 aromatic carbocycles. The molecule has 100 valence electrons. The first kappa shape index (κ1) is 15.2. The minimum absolute atomic E-state index is 0.129. The van der Waals surface area contributed by atoms with Crippen molar-refractivity contribution in [1.29, 1.82) is 0 Å². The summed E-state index contributed by atoms with van der Waals surface area (Å²) < 4.78 is 5.33. The molecule has 1 rings (SSSR count). The van der Waals surface area contributed by atoms with Crippen LogP contribution in [0.5, 0.6) is 0 Å². The lowest BCUT2D eigenvalue weighted by Crippen LogP contribution is -2.22. The van der Waals surface area contributed by atoms with Crippen LogP contribution in [0.15, 0.2) is 11.4 Å². The van der Waals surface area contributed by atoms with Gasteiger partial charge in [-0.2, -0.15) is 0 Å². The fourth-order valence-electron chi connectivity index (χ4n) is 1.46. The molecule has 0 unspecified atom stereocenters. The summed E-state index contributed by atoms with van der Waals surface area (Å²) in [6.07, 6.45) is 0.541. The second-order valence-electron chi connectivity index (χ2n) is 4.01.